The first-order valence-electron chi connectivity index (χ1n) is 27.1. The summed E-state index contributed by atoms with van der Waals surface area (Å²) in [7, 11) is 0. The number of rotatable bonds is 10. The smallest absolute Gasteiger partial charge is 0.145 e. The minimum Gasteiger partial charge on any atom is -0.304 e. The number of hydrogen-bond acceptors (Lipinski definition) is 3. The van der Waals surface area contributed by atoms with Crippen molar-refractivity contribution in [2.45, 2.75) is 60.3 Å². The molecule has 5 heteroatoms. The van der Waals surface area contributed by atoms with Crippen LogP contribution in [0.25, 0.3) is 110 Å². The van der Waals surface area contributed by atoms with Gasteiger partial charge in [-0.25, -0.2) is 9.97 Å². The average Bonchev–Trinajstić information content (AvgIpc) is 3.96. The Morgan fingerprint density at radius 3 is 1.40 bits per heavy atom. The van der Waals surface area contributed by atoms with E-state index in [0.717, 1.165) is 65.2 Å². The van der Waals surface area contributed by atoms with Gasteiger partial charge in [0.25, 0.3) is 0 Å². The molecule has 0 amide bonds. The van der Waals surface area contributed by atoms with E-state index in [0.29, 0.717) is 0 Å². The minimum absolute atomic E-state index is 0.913. The summed E-state index contributed by atoms with van der Waals surface area (Å²) in [6, 6.07) is 70.8. The van der Waals surface area contributed by atoms with E-state index in [4.69, 9.17) is 15.0 Å². The molecule has 5 nitrogen and oxygen atoms in total. The van der Waals surface area contributed by atoms with Gasteiger partial charge >= 0.3 is 0 Å². The summed E-state index contributed by atoms with van der Waals surface area (Å²) in [4.78, 5) is 14.8. The van der Waals surface area contributed by atoms with Gasteiger partial charge in [0.1, 0.15) is 11.3 Å². The van der Waals surface area contributed by atoms with Gasteiger partial charge in [0.2, 0.25) is 0 Å². The van der Waals surface area contributed by atoms with Crippen molar-refractivity contribution in [1.82, 2.24) is 23.8 Å². The van der Waals surface area contributed by atoms with E-state index < -0.39 is 0 Å². The number of hydrogen-bond donors (Lipinski definition) is 0. The van der Waals surface area contributed by atoms with Crippen LogP contribution in [0.5, 0.6) is 0 Å². The third kappa shape index (κ3) is 8.13. The third-order valence-corrected chi connectivity index (χ3v) is 16.6. The molecule has 9 aromatic carbocycles. The molecule has 0 aliphatic rings. The number of imidazole rings is 2. The van der Waals surface area contributed by atoms with Gasteiger partial charge in [-0.1, -0.05) is 158 Å². The lowest BCUT2D eigenvalue weighted by molar-refractivity contribution is 0.933. The van der Waals surface area contributed by atoms with Crippen molar-refractivity contribution in [3.05, 3.63) is 257 Å². The Kier molecular flexibility index (Phi) is 11.2. The Labute approximate surface area is 448 Å². The Bertz CT molecular complexity index is 4500. The summed E-state index contributed by atoms with van der Waals surface area (Å²) in [6.45, 7) is 10.6. The van der Waals surface area contributed by atoms with Gasteiger partial charge in [-0.3, -0.25) is 4.98 Å². The molecule has 0 atom stereocenters. The predicted octanol–water partition coefficient (Wildman–Crippen LogP) is 17.9. The van der Waals surface area contributed by atoms with E-state index in [1.165, 1.54) is 121 Å². The van der Waals surface area contributed by atoms with Crippen molar-refractivity contribution < 1.29 is 0 Å². The Morgan fingerprint density at radius 2 is 0.831 bits per heavy atom. The molecule has 14 aromatic rings. The van der Waals surface area contributed by atoms with Gasteiger partial charge in [0.15, 0.2) is 0 Å². The fraction of sp³-hybridized carbons (Fsp3) is 0.125. The maximum atomic E-state index is 4.94. The zero-order valence-corrected chi connectivity index (χ0v) is 44.2. The van der Waals surface area contributed by atoms with E-state index >= 15 is 0 Å². The second kappa shape index (κ2) is 18.6. The summed E-state index contributed by atoms with van der Waals surface area (Å²) in [6.07, 6.45) is 9.98. The fourth-order valence-corrected chi connectivity index (χ4v) is 12.2. The largest absolute Gasteiger partial charge is 0.304 e. The highest BCUT2D eigenvalue weighted by molar-refractivity contribution is 6.26. The highest BCUT2D eigenvalue weighted by atomic mass is 15.0. The van der Waals surface area contributed by atoms with E-state index in [9.17, 15) is 0 Å². The van der Waals surface area contributed by atoms with Crippen LogP contribution in [0.1, 0.15) is 50.6 Å². The van der Waals surface area contributed by atoms with Crippen LogP contribution in [0, 0.1) is 34.6 Å². The van der Waals surface area contributed by atoms with Crippen molar-refractivity contribution >= 4 is 65.2 Å². The maximum absolute atomic E-state index is 4.94. The standard InChI is InChI=1S/C72H57N5/c1-44-18-31-70(73-43-44)56-26-30-66(68(42-56)53-25-29-67-64-16-9-8-14-62(64)63-15-10-11-17-65(63)69(67)41-53)61-13-7-6-12-58(61)57-39-51(21-19-49-23-27-59-54(37-49)32-34-76-47(4)45(2)74-71(59)76)36-52(40-57)22-20-50-24-28-60-55(38-50)33-35-77-48(5)46(3)75-72(60)77/h6-18,23-43H,19-22H2,1-5H3. The number of fused-ring (bicyclic) bond motifs is 12. The fourth-order valence-electron chi connectivity index (χ4n) is 12.2. The molecule has 0 bridgehead atoms. The molecule has 0 radical (unpaired) electrons. The van der Waals surface area contributed by atoms with Gasteiger partial charge in [0.05, 0.1) is 17.1 Å². The van der Waals surface area contributed by atoms with Crippen LogP contribution in [-0.2, 0) is 25.7 Å². The molecule has 0 saturated carbocycles. The predicted molar refractivity (Wildman–Crippen MR) is 322 cm³/mol. The monoisotopic (exact) mass is 991 g/mol. The normalized spacial score (nSPS) is 11.9. The van der Waals surface area contributed by atoms with Crippen LogP contribution < -0.4 is 0 Å². The van der Waals surface area contributed by atoms with Crippen molar-refractivity contribution in [1.29, 1.82) is 0 Å². The number of pyridine rings is 3. The highest BCUT2D eigenvalue weighted by Gasteiger charge is 2.19. The van der Waals surface area contributed by atoms with Gasteiger partial charge in [-0.05, 0) is 195 Å². The zero-order valence-electron chi connectivity index (χ0n) is 44.2. The van der Waals surface area contributed by atoms with Crippen LogP contribution in [0.15, 0.2) is 207 Å². The molecule has 0 spiro atoms. The zero-order chi connectivity index (χ0) is 51.9. The second-order valence-electron chi connectivity index (χ2n) is 21.3. The maximum Gasteiger partial charge on any atom is 0.145 e. The first-order chi connectivity index (χ1) is 37.7. The molecular formula is C72H57N5. The molecule has 77 heavy (non-hydrogen) atoms. The number of nitrogens with zero attached hydrogens (tertiary/aromatic N) is 5. The van der Waals surface area contributed by atoms with Crippen LogP contribution in [0.4, 0.5) is 0 Å². The van der Waals surface area contributed by atoms with Crippen molar-refractivity contribution in [2.75, 3.05) is 0 Å². The van der Waals surface area contributed by atoms with Crippen LogP contribution in [0.2, 0.25) is 0 Å². The lowest BCUT2D eigenvalue weighted by Gasteiger charge is -2.19. The first-order valence-corrected chi connectivity index (χ1v) is 27.1. The molecule has 5 heterocycles. The van der Waals surface area contributed by atoms with Crippen LogP contribution in [-0.4, -0.2) is 23.8 Å². The average molecular weight is 992 g/mol. The van der Waals surface area contributed by atoms with E-state index in [1.54, 1.807) is 0 Å². The Morgan fingerprint density at radius 1 is 0.338 bits per heavy atom. The lowest BCUT2D eigenvalue weighted by Crippen LogP contribution is -1.98. The molecule has 5 aromatic heterocycles. The Balaban J connectivity index is 0.885. The molecule has 0 saturated heterocycles. The van der Waals surface area contributed by atoms with Gasteiger partial charge in [-0.15, -0.1) is 0 Å². The molecule has 0 unspecified atom stereocenters. The van der Waals surface area contributed by atoms with E-state index in [1.807, 2.05) is 6.20 Å². The van der Waals surface area contributed by atoms with Crippen molar-refractivity contribution in [3.8, 4) is 44.6 Å². The van der Waals surface area contributed by atoms with E-state index in [2.05, 4.69) is 244 Å². The van der Waals surface area contributed by atoms with E-state index in [-0.39, 0.29) is 0 Å². The molecule has 0 aliphatic heterocycles. The number of benzene rings is 9. The van der Waals surface area contributed by atoms with Gasteiger partial charge in [0, 0.05) is 46.3 Å². The first kappa shape index (κ1) is 46.3. The van der Waals surface area contributed by atoms with Crippen molar-refractivity contribution in [2.24, 2.45) is 0 Å². The molecule has 0 fully saturated rings. The summed E-state index contributed by atoms with van der Waals surface area (Å²) in [5.41, 5.74) is 22.3. The third-order valence-electron chi connectivity index (χ3n) is 16.6. The molecule has 14 rings (SSSR count). The number of aryl methyl sites for hydroxylation is 9. The summed E-state index contributed by atoms with van der Waals surface area (Å²) in [5.74, 6) is 0. The molecular weight excluding hydrogens is 935 g/mol. The summed E-state index contributed by atoms with van der Waals surface area (Å²) < 4.78 is 4.42. The summed E-state index contributed by atoms with van der Waals surface area (Å²) in [5, 5.41) is 12.4. The molecule has 370 valence electrons. The van der Waals surface area contributed by atoms with Crippen LogP contribution >= 0.6 is 0 Å². The van der Waals surface area contributed by atoms with Crippen LogP contribution in [0.3, 0.4) is 0 Å². The topological polar surface area (TPSA) is 47.5 Å². The van der Waals surface area contributed by atoms with Gasteiger partial charge < -0.3 is 8.80 Å². The minimum atomic E-state index is 0.913. The SMILES string of the molecule is Cc1ccc(-c2ccc(-c3ccccc3-c3cc(CCc4ccc5c(ccn6c(C)c(C)nc56)c4)cc(CCc4ccc5c(ccn6c(C)c(C)nc56)c4)c3)c(-c3ccc4c5ccccc5c5ccccc5c4c3)c2)nc1. The second-order valence-corrected chi connectivity index (χ2v) is 21.3. The molecule has 0 aliphatic carbocycles. The van der Waals surface area contributed by atoms with Gasteiger partial charge in [-0.2, -0.15) is 0 Å². The Hall–Kier alpha value is -9.19. The quantitative estimate of drug-likeness (QED) is 0.128. The lowest BCUT2D eigenvalue weighted by atomic mass is 9.85. The molecule has 0 N–H and O–H groups in total. The highest BCUT2D eigenvalue weighted by Crippen LogP contribution is 2.43. The summed E-state index contributed by atoms with van der Waals surface area (Å²) >= 11 is 0. The van der Waals surface area contributed by atoms with Crippen molar-refractivity contribution in [3.63, 3.8) is 0 Å². The number of aromatic nitrogens is 5.